The number of hydrogen-bond donors (Lipinski definition) is 0. The van der Waals surface area contributed by atoms with Crippen molar-refractivity contribution in [2.45, 2.75) is 60.6 Å². The minimum atomic E-state index is -0.826. The molecule has 0 nitrogen and oxygen atoms in total. The zero-order chi connectivity index (χ0) is 31.5. The molecule has 0 aliphatic carbocycles. The summed E-state index contributed by atoms with van der Waals surface area (Å²) in [4.78, 5) is 0. The van der Waals surface area contributed by atoms with E-state index in [1.165, 1.54) is 71.6 Å². The van der Waals surface area contributed by atoms with Crippen LogP contribution in [0.1, 0.15) is 47.6 Å². The van der Waals surface area contributed by atoms with Crippen LogP contribution in [0.4, 0.5) is 0 Å². The average Bonchev–Trinajstić information content (AvgIpc) is 3.61. The van der Waals surface area contributed by atoms with Gasteiger partial charge < -0.3 is 0 Å². The Kier molecular flexibility index (Phi) is 14.2. The molecule has 43 heavy (non-hydrogen) atoms. The van der Waals surface area contributed by atoms with Crippen molar-refractivity contribution in [3.63, 3.8) is 0 Å². The van der Waals surface area contributed by atoms with Gasteiger partial charge in [0.1, 0.15) is 0 Å². The van der Waals surface area contributed by atoms with Gasteiger partial charge in [-0.15, -0.1) is 68.6 Å². The molecule has 0 fully saturated rings. The van der Waals surface area contributed by atoms with Gasteiger partial charge in [-0.25, -0.2) is 0 Å². The van der Waals surface area contributed by atoms with Crippen LogP contribution in [-0.4, -0.2) is 9.52 Å². The molecule has 6 rings (SSSR count). The summed E-state index contributed by atoms with van der Waals surface area (Å²) in [6.07, 6.45) is 0. The Bertz CT molecular complexity index is 1730. The van der Waals surface area contributed by atoms with E-state index in [1.54, 1.807) is 0 Å². The Morgan fingerprint density at radius 2 is 1.26 bits per heavy atom. The molecule has 6 aromatic rings. The second-order valence-electron chi connectivity index (χ2n) is 11.3. The van der Waals surface area contributed by atoms with Gasteiger partial charge >= 0.3 is 37.9 Å². The fourth-order valence-corrected chi connectivity index (χ4v) is 5.21. The maximum atomic E-state index is 4.93. The van der Waals surface area contributed by atoms with E-state index >= 15 is 0 Å². The summed E-state index contributed by atoms with van der Waals surface area (Å²) >= 11 is -0.826. The number of halogens is 2. The molecule has 0 bridgehead atoms. The summed E-state index contributed by atoms with van der Waals surface area (Å²) < 4.78 is 0. The first kappa shape index (κ1) is 35.3. The third kappa shape index (κ3) is 9.39. The van der Waals surface area contributed by atoms with Crippen LogP contribution in [-0.2, 0) is 20.8 Å². The molecular formula is C39H42Cl2SiZr. The molecule has 0 aliphatic rings. The molecule has 2 radical (unpaired) electrons. The van der Waals surface area contributed by atoms with Crippen molar-refractivity contribution in [2.75, 3.05) is 0 Å². The predicted octanol–water partition coefficient (Wildman–Crippen LogP) is 13.0. The zero-order valence-corrected chi connectivity index (χ0v) is 31.6. The van der Waals surface area contributed by atoms with Gasteiger partial charge in [0.05, 0.1) is 0 Å². The normalized spacial score (nSPS) is 10.3. The molecule has 0 N–H and O–H groups in total. The van der Waals surface area contributed by atoms with E-state index < -0.39 is 20.8 Å². The Balaban J connectivity index is 0.000000200. The van der Waals surface area contributed by atoms with Crippen LogP contribution < -0.4 is 0 Å². The second kappa shape index (κ2) is 17.3. The average molecular weight is 701 g/mol. The van der Waals surface area contributed by atoms with E-state index in [9.17, 15) is 0 Å². The third-order valence-corrected chi connectivity index (χ3v) is 7.59. The van der Waals surface area contributed by atoms with Crippen LogP contribution in [0, 0.1) is 27.7 Å². The predicted molar refractivity (Wildman–Crippen MR) is 192 cm³/mol. The van der Waals surface area contributed by atoms with Crippen molar-refractivity contribution in [1.29, 1.82) is 0 Å². The van der Waals surface area contributed by atoms with Gasteiger partial charge in [-0.1, -0.05) is 113 Å². The third-order valence-electron chi connectivity index (χ3n) is 7.59. The van der Waals surface area contributed by atoms with Gasteiger partial charge in [0.15, 0.2) is 0 Å². The summed E-state index contributed by atoms with van der Waals surface area (Å²) in [5.74, 6) is 0.584. The molecule has 220 valence electrons. The number of aryl methyl sites for hydroxylation is 4. The Morgan fingerprint density at radius 3 is 1.88 bits per heavy atom. The quantitative estimate of drug-likeness (QED) is 0.127. The van der Waals surface area contributed by atoms with E-state index in [2.05, 4.69) is 158 Å². The summed E-state index contributed by atoms with van der Waals surface area (Å²) in [6.45, 7) is 17.5. The molecular weight excluding hydrogens is 659 g/mol. The number of benzene rings is 4. The number of fused-ring (bicyclic) bond motifs is 2. The number of rotatable bonds is 3. The molecule has 0 atom stereocenters. The van der Waals surface area contributed by atoms with Crippen molar-refractivity contribution in [1.82, 2.24) is 0 Å². The van der Waals surface area contributed by atoms with Gasteiger partial charge in [-0.3, -0.25) is 0 Å². The van der Waals surface area contributed by atoms with Gasteiger partial charge in [-0.2, -0.15) is 12.1 Å². The van der Waals surface area contributed by atoms with E-state index in [1.807, 2.05) is 0 Å². The summed E-state index contributed by atoms with van der Waals surface area (Å²) in [6, 6.07) is 37.6. The molecule has 0 unspecified atom stereocenters. The first-order valence-corrected chi connectivity index (χ1v) is 23.0. The molecule has 0 amide bonds. The van der Waals surface area contributed by atoms with E-state index in [0.29, 0.717) is 5.92 Å². The molecule has 0 saturated carbocycles. The molecule has 4 heteroatoms. The van der Waals surface area contributed by atoms with E-state index in [4.69, 9.17) is 17.0 Å². The molecule has 0 heterocycles. The zero-order valence-electron chi connectivity index (χ0n) is 26.6. The van der Waals surface area contributed by atoms with E-state index in [0.717, 1.165) is 9.52 Å². The summed E-state index contributed by atoms with van der Waals surface area (Å²) in [7, 11) is 11.0. The van der Waals surface area contributed by atoms with Crippen LogP contribution >= 0.6 is 17.0 Å². The van der Waals surface area contributed by atoms with Gasteiger partial charge in [0.25, 0.3) is 0 Å². The van der Waals surface area contributed by atoms with Crippen LogP contribution in [0.25, 0.3) is 43.8 Å². The Hall–Kier alpha value is -2.22. The van der Waals surface area contributed by atoms with Crippen LogP contribution in [0.3, 0.4) is 0 Å². The SMILES string of the molecule is CC(C)c1cc2c(-c3ccccc3)cccc2[cH-]1.C[Si]C.Cc1cc2c(-c3ccc(C)c(C)c3)ccc(C)c2[cH-]1.[Cl][Zr+2][Cl]. The van der Waals surface area contributed by atoms with Crippen molar-refractivity contribution < 1.29 is 20.8 Å². The molecule has 0 aromatic heterocycles. The van der Waals surface area contributed by atoms with E-state index in [-0.39, 0.29) is 0 Å². The minimum absolute atomic E-state index is 0.584. The van der Waals surface area contributed by atoms with Crippen molar-refractivity contribution in [2.24, 2.45) is 0 Å². The first-order chi connectivity index (χ1) is 20.6. The van der Waals surface area contributed by atoms with Crippen molar-refractivity contribution in [3.05, 3.63) is 131 Å². The fourth-order valence-electron chi connectivity index (χ4n) is 5.21. The monoisotopic (exact) mass is 698 g/mol. The molecule has 0 saturated heterocycles. The topological polar surface area (TPSA) is 0 Å². The number of hydrogen-bond acceptors (Lipinski definition) is 0. The maximum absolute atomic E-state index is 4.93. The molecule has 6 aromatic carbocycles. The first-order valence-electron chi connectivity index (χ1n) is 14.7. The standard InChI is InChI=1S/C19H19.C18H17.C2H6Si.2ClH.Zr/c1-12-9-18-14(3)6-8-17(19(18)10-12)16-7-5-13(2)15(4)11-16;1-13(2)16-11-15-9-6-10-17(18(15)12-16)14-7-4-3-5-8-14;1-3-2;;;/h5-11H,1-4H3;3-13H,1-2H3;1-2H3;2*1H;/q2*-1;;;;+4/p-2. The Labute approximate surface area is 280 Å². The van der Waals surface area contributed by atoms with Gasteiger partial charge in [-0.05, 0) is 42.0 Å². The summed E-state index contributed by atoms with van der Waals surface area (Å²) in [5, 5.41) is 5.47. The Morgan fingerprint density at radius 1 is 0.628 bits per heavy atom. The fraction of sp³-hybridized carbons (Fsp3) is 0.231. The summed E-state index contributed by atoms with van der Waals surface area (Å²) in [5.41, 5.74) is 12.1. The van der Waals surface area contributed by atoms with Gasteiger partial charge in [0.2, 0.25) is 0 Å². The van der Waals surface area contributed by atoms with Gasteiger partial charge in [0, 0.05) is 9.52 Å². The van der Waals surface area contributed by atoms with Crippen LogP contribution in [0.5, 0.6) is 0 Å². The van der Waals surface area contributed by atoms with Crippen molar-refractivity contribution >= 4 is 48.1 Å². The van der Waals surface area contributed by atoms with Crippen molar-refractivity contribution in [3.8, 4) is 22.3 Å². The molecule has 0 spiro atoms. The second-order valence-corrected chi connectivity index (χ2v) is 16.0. The van der Waals surface area contributed by atoms with Crippen LogP contribution in [0.15, 0.2) is 103 Å². The van der Waals surface area contributed by atoms with Crippen LogP contribution in [0.2, 0.25) is 13.1 Å². The molecule has 0 aliphatic heterocycles.